The monoisotopic (exact) mass is 301 g/mol. The Morgan fingerprint density at radius 3 is 2.65 bits per heavy atom. The summed E-state index contributed by atoms with van der Waals surface area (Å²) in [6.45, 7) is 4.61. The Bertz CT molecular complexity index is 387. The Labute approximate surface area is 126 Å². The summed E-state index contributed by atoms with van der Waals surface area (Å²) in [7, 11) is 3.57. The highest BCUT2D eigenvalue weighted by molar-refractivity contribution is 6.31. The van der Waals surface area contributed by atoms with Gasteiger partial charge in [-0.2, -0.15) is 0 Å². The maximum Gasteiger partial charge on any atom is 0.120 e. The van der Waals surface area contributed by atoms with E-state index in [4.69, 9.17) is 25.8 Å². The van der Waals surface area contributed by atoms with Crippen LogP contribution >= 0.6 is 11.6 Å². The summed E-state index contributed by atoms with van der Waals surface area (Å²) in [6, 6.07) is 6.02. The zero-order chi connectivity index (χ0) is 14.8. The van der Waals surface area contributed by atoms with Crippen LogP contribution < -0.4 is 10.1 Å². The minimum Gasteiger partial charge on any atom is -0.493 e. The molecular formula is C15H24ClNO3. The quantitative estimate of drug-likeness (QED) is 0.674. The third-order valence-electron chi connectivity index (χ3n) is 3.00. The molecule has 5 heteroatoms. The molecule has 0 radical (unpaired) electrons. The Morgan fingerprint density at radius 1 is 1.20 bits per heavy atom. The first-order chi connectivity index (χ1) is 9.69. The average Bonchev–Trinajstić information content (AvgIpc) is 2.45. The molecule has 1 unspecified atom stereocenters. The first kappa shape index (κ1) is 17.2. The molecule has 0 saturated carbocycles. The molecule has 1 aromatic carbocycles. The number of hydrogen-bond acceptors (Lipinski definition) is 4. The Balaban J connectivity index is 2.29. The number of nitrogens with one attached hydrogen (secondary N) is 1. The molecule has 1 aromatic rings. The number of ether oxygens (including phenoxy) is 3. The van der Waals surface area contributed by atoms with E-state index in [1.807, 2.05) is 25.2 Å². The molecule has 0 saturated heterocycles. The Hall–Kier alpha value is -0.810. The van der Waals surface area contributed by atoms with Crippen molar-refractivity contribution in [2.24, 2.45) is 0 Å². The van der Waals surface area contributed by atoms with Gasteiger partial charge in [-0.25, -0.2) is 0 Å². The number of hydrogen-bond donors (Lipinski definition) is 1. The number of methoxy groups -OCH3 is 1. The molecule has 0 aliphatic rings. The molecule has 1 rings (SSSR count). The minimum atomic E-state index is 0.228. The van der Waals surface area contributed by atoms with Crippen molar-refractivity contribution < 1.29 is 14.2 Å². The van der Waals surface area contributed by atoms with Crippen LogP contribution in [0.4, 0.5) is 0 Å². The first-order valence-corrected chi connectivity index (χ1v) is 7.23. The van der Waals surface area contributed by atoms with Gasteiger partial charge in [-0.1, -0.05) is 17.7 Å². The molecule has 114 valence electrons. The van der Waals surface area contributed by atoms with E-state index in [0.717, 1.165) is 22.8 Å². The maximum absolute atomic E-state index is 6.24. The van der Waals surface area contributed by atoms with Crippen molar-refractivity contribution in [3.8, 4) is 5.75 Å². The van der Waals surface area contributed by atoms with Crippen molar-refractivity contribution in [2.45, 2.75) is 19.4 Å². The van der Waals surface area contributed by atoms with Gasteiger partial charge in [-0.05, 0) is 31.7 Å². The highest BCUT2D eigenvalue weighted by atomic mass is 35.5. The summed E-state index contributed by atoms with van der Waals surface area (Å²) >= 11 is 6.24. The predicted molar refractivity (Wildman–Crippen MR) is 81.7 cm³/mol. The lowest BCUT2D eigenvalue weighted by Crippen LogP contribution is -2.12. The van der Waals surface area contributed by atoms with Crippen molar-refractivity contribution in [3.05, 3.63) is 28.8 Å². The molecule has 20 heavy (non-hydrogen) atoms. The number of benzene rings is 1. The second-order valence-corrected chi connectivity index (χ2v) is 4.91. The van der Waals surface area contributed by atoms with E-state index in [0.29, 0.717) is 26.4 Å². The molecule has 1 N–H and O–H groups in total. The van der Waals surface area contributed by atoms with Gasteiger partial charge in [0.05, 0.1) is 19.8 Å². The fourth-order valence-corrected chi connectivity index (χ4v) is 2.03. The molecule has 0 aromatic heterocycles. The molecule has 0 amide bonds. The van der Waals surface area contributed by atoms with Gasteiger partial charge in [-0.3, -0.25) is 0 Å². The molecule has 0 fully saturated rings. The number of halogens is 1. The van der Waals surface area contributed by atoms with Gasteiger partial charge in [0.2, 0.25) is 0 Å². The van der Waals surface area contributed by atoms with E-state index in [9.17, 15) is 0 Å². The summed E-state index contributed by atoms with van der Waals surface area (Å²) in [5, 5.41) is 3.89. The molecule has 0 aliphatic heterocycles. The molecular weight excluding hydrogens is 278 g/mol. The van der Waals surface area contributed by atoms with Gasteiger partial charge >= 0.3 is 0 Å². The van der Waals surface area contributed by atoms with E-state index in [1.165, 1.54) is 0 Å². The smallest absolute Gasteiger partial charge is 0.120 e. The molecule has 0 spiro atoms. The van der Waals surface area contributed by atoms with Gasteiger partial charge in [0, 0.05) is 31.2 Å². The SMILES string of the molecule is CNC(C)c1ccc(OCCCOCCOC)cc1Cl. The molecule has 0 aliphatic carbocycles. The molecule has 1 atom stereocenters. The standard InChI is InChI=1S/C15H24ClNO3/c1-12(17-2)14-6-5-13(11-15(14)16)20-8-4-7-19-10-9-18-3/h5-6,11-12,17H,4,7-10H2,1-3H3. The zero-order valence-corrected chi connectivity index (χ0v) is 13.2. The molecule has 0 bridgehead atoms. The first-order valence-electron chi connectivity index (χ1n) is 6.85. The van der Waals surface area contributed by atoms with Crippen LogP contribution in [0.15, 0.2) is 18.2 Å². The molecule has 4 nitrogen and oxygen atoms in total. The van der Waals surface area contributed by atoms with Crippen molar-refractivity contribution in [1.29, 1.82) is 0 Å². The van der Waals surface area contributed by atoms with Crippen LogP contribution in [0, 0.1) is 0 Å². The third-order valence-corrected chi connectivity index (χ3v) is 3.33. The summed E-state index contributed by atoms with van der Waals surface area (Å²) in [5.41, 5.74) is 1.07. The fraction of sp³-hybridized carbons (Fsp3) is 0.600. The van der Waals surface area contributed by atoms with E-state index in [2.05, 4.69) is 12.2 Å². The predicted octanol–water partition coefficient (Wildman–Crippen LogP) is 3.05. The van der Waals surface area contributed by atoms with Crippen molar-refractivity contribution in [3.63, 3.8) is 0 Å². The van der Waals surface area contributed by atoms with E-state index >= 15 is 0 Å². The summed E-state index contributed by atoms with van der Waals surface area (Å²) in [6.07, 6.45) is 0.843. The van der Waals surface area contributed by atoms with Crippen molar-refractivity contribution in [1.82, 2.24) is 5.32 Å². The third kappa shape index (κ3) is 6.09. The van der Waals surface area contributed by atoms with E-state index < -0.39 is 0 Å². The lowest BCUT2D eigenvalue weighted by Gasteiger charge is -2.14. The van der Waals surface area contributed by atoms with E-state index in [1.54, 1.807) is 7.11 Å². The van der Waals surface area contributed by atoms with Gasteiger partial charge in [0.1, 0.15) is 5.75 Å². The average molecular weight is 302 g/mol. The van der Waals surface area contributed by atoms with Gasteiger partial charge in [0.25, 0.3) is 0 Å². The fourth-order valence-electron chi connectivity index (χ4n) is 1.70. The van der Waals surface area contributed by atoms with E-state index in [-0.39, 0.29) is 6.04 Å². The van der Waals surface area contributed by atoms with Crippen molar-refractivity contribution >= 4 is 11.6 Å². The van der Waals surface area contributed by atoms with Crippen LogP contribution in [0.25, 0.3) is 0 Å². The summed E-state index contributed by atoms with van der Waals surface area (Å²) in [4.78, 5) is 0. The van der Waals surface area contributed by atoms with Crippen LogP contribution in [0.2, 0.25) is 5.02 Å². The second-order valence-electron chi connectivity index (χ2n) is 4.50. The lowest BCUT2D eigenvalue weighted by molar-refractivity contribution is 0.0644. The normalized spacial score (nSPS) is 12.4. The van der Waals surface area contributed by atoms with Crippen molar-refractivity contribution in [2.75, 3.05) is 40.6 Å². The topological polar surface area (TPSA) is 39.7 Å². The Kier molecular flexibility index (Phi) is 8.62. The van der Waals surface area contributed by atoms with Gasteiger partial charge < -0.3 is 19.5 Å². The van der Waals surface area contributed by atoms with Crippen LogP contribution in [-0.4, -0.2) is 40.6 Å². The second kappa shape index (κ2) is 10.00. The maximum atomic E-state index is 6.24. The van der Waals surface area contributed by atoms with Crippen LogP contribution in [-0.2, 0) is 9.47 Å². The summed E-state index contributed by atoms with van der Waals surface area (Å²) in [5.74, 6) is 0.791. The van der Waals surface area contributed by atoms with Crippen LogP contribution in [0.5, 0.6) is 5.75 Å². The lowest BCUT2D eigenvalue weighted by atomic mass is 10.1. The highest BCUT2D eigenvalue weighted by Crippen LogP contribution is 2.27. The molecule has 0 heterocycles. The Morgan fingerprint density at radius 2 is 2.00 bits per heavy atom. The van der Waals surface area contributed by atoms with Crippen LogP contribution in [0.3, 0.4) is 0 Å². The summed E-state index contributed by atoms with van der Waals surface area (Å²) < 4.78 is 15.9. The minimum absolute atomic E-state index is 0.228. The number of rotatable bonds is 10. The van der Waals surface area contributed by atoms with Gasteiger partial charge in [0.15, 0.2) is 0 Å². The highest BCUT2D eigenvalue weighted by Gasteiger charge is 2.08. The zero-order valence-electron chi connectivity index (χ0n) is 12.4. The van der Waals surface area contributed by atoms with Crippen LogP contribution in [0.1, 0.15) is 24.9 Å². The largest absolute Gasteiger partial charge is 0.493 e. The van der Waals surface area contributed by atoms with Gasteiger partial charge in [-0.15, -0.1) is 0 Å².